The van der Waals surface area contributed by atoms with Crippen molar-refractivity contribution in [3.05, 3.63) is 71.2 Å². The van der Waals surface area contributed by atoms with Crippen LogP contribution in [-0.4, -0.2) is 23.1 Å². The van der Waals surface area contributed by atoms with Crippen LogP contribution in [-0.2, 0) is 25.9 Å². The SMILES string of the molecule is CN1CCc2c(c3cc(F)ccc3n2CCc2ccccc2)C1.Cl. The summed E-state index contributed by atoms with van der Waals surface area (Å²) in [5.41, 5.74) is 5.21. The van der Waals surface area contributed by atoms with Gasteiger partial charge in [-0.2, -0.15) is 0 Å². The molecule has 0 aliphatic carbocycles. The molecule has 24 heavy (non-hydrogen) atoms. The molecular formula is C20H22ClFN2. The fraction of sp³-hybridized carbons (Fsp3) is 0.300. The van der Waals surface area contributed by atoms with Crippen LogP contribution in [0.3, 0.4) is 0 Å². The van der Waals surface area contributed by atoms with Gasteiger partial charge < -0.3 is 9.47 Å². The van der Waals surface area contributed by atoms with Crippen LogP contribution in [0.15, 0.2) is 48.5 Å². The molecule has 0 spiro atoms. The molecule has 4 rings (SSSR count). The van der Waals surface area contributed by atoms with Gasteiger partial charge in [0.05, 0.1) is 0 Å². The maximum absolute atomic E-state index is 13.7. The summed E-state index contributed by atoms with van der Waals surface area (Å²) in [6.07, 6.45) is 2.04. The van der Waals surface area contributed by atoms with Gasteiger partial charge in [0.25, 0.3) is 0 Å². The number of halogens is 2. The maximum atomic E-state index is 13.7. The highest BCUT2D eigenvalue weighted by molar-refractivity contribution is 5.86. The van der Waals surface area contributed by atoms with Crippen LogP contribution in [0.1, 0.15) is 16.8 Å². The van der Waals surface area contributed by atoms with E-state index >= 15 is 0 Å². The average molecular weight is 345 g/mol. The number of aryl methyl sites for hydroxylation is 2. The van der Waals surface area contributed by atoms with Crippen LogP contribution in [0.2, 0.25) is 0 Å². The molecule has 0 N–H and O–H groups in total. The van der Waals surface area contributed by atoms with Gasteiger partial charge in [-0.05, 0) is 42.8 Å². The molecule has 2 nitrogen and oxygen atoms in total. The second kappa shape index (κ2) is 6.96. The summed E-state index contributed by atoms with van der Waals surface area (Å²) in [6.45, 7) is 2.93. The average Bonchev–Trinajstić information content (AvgIpc) is 2.86. The van der Waals surface area contributed by atoms with Gasteiger partial charge in [-0.25, -0.2) is 4.39 Å². The highest BCUT2D eigenvalue weighted by atomic mass is 35.5. The van der Waals surface area contributed by atoms with Crippen molar-refractivity contribution in [3.63, 3.8) is 0 Å². The van der Waals surface area contributed by atoms with Crippen LogP contribution in [0.5, 0.6) is 0 Å². The minimum Gasteiger partial charge on any atom is -0.344 e. The van der Waals surface area contributed by atoms with Gasteiger partial charge in [0.15, 0.2) is 0 Å². The first-order valence-corrected chi connectivity index (χ1v) is 8.24. The van der Waals surface area contributed by atoms with E-state index in [1.165, 1.54) is 22.3 Å². The first-order valence-electron chi connectivity index (χ1n) is 8.24. The molecule has 0 atom stereocenters. The number of aromatic nitrogens is 1. The Morgan fingerprint density at radius 3 is 2.67 bits per heavy atom. The Morgan fingerprint density at radius 1 is 1.08 bits per heavy atom. The lowest BCUT2D eigenvalue weighted by Crippen LogP contribution is -2.27. The zero-order chi connectivity index (χ0) is 15.8. The zero-order valence-electron chi connectivity index (χ0n) is 13.8. The number of rotatable bonds is 3. The zero-order valence-corrected chi connectivity index (χ0v) is 14.7. The molecule has 0 bridgehead atoms. The molecule has 2 heterocycles. The van der Waals surface area contributed by atoms with E-state index in [2.05, 4.69) is 46.8 Å². The maximum Gasteiger partial charge on any atom is 0.123 e. The van der Waals surface area contributed by atoms with E-state index in [1.807, 2.05) is 6.07 Å². The van der Waals surface area contributed by atoms with Crippen molar-refractivity contribution in [1.82, 2.24) is 9.47 Å². The van der Waals surface area contributed by atoms with Gasteiger partial charge >= 0.3 is 0 Å². The number of nitrogens with zero attached hydrogens (tertiary/aromatic N) is 2. The van der Waals surface area contributed by atoms with Crippen LogP contribution < -0.4 is 0 Å². The van der Waals surface area contributed by atoms with E-state index < -0.39 is 0 Å². The summed E-state index contributed by atoms with van der Waals surface area (Å²) < 4.78 is 16.1. The van der Waals surface area contributed by atoms with E-state index in [-0.39, 0.29) is 18.2 Å². The summed E-state index contributed by atoms with van der Waals surface area (Å²) in [4.78, 5) is 2.31. The van der Waals surface area contributed by atoms with Crippen molar-refractivity contribution in [2.24, 2.45) is 0 Å². The standard InChI is InChI=1S/C20H21FN2.ClH/c1-22-11-10-20-18(14-22)17-13-16(21)7-8-19(17)23(20)12-9-15-5-3-2-4-6-15;/h2-8,13H,9-12,14H2,1H3;1H. The molecule has 3 aromatic rings. The smallest absolute Gasteiger partial charge is 0.123 e. The lowest BCUT2D eigenvalue weighted by Gasteiger charge is -2.24. The highest BCUT2D eigenvalue weighted by Crippen LogP contribution is 2.31. The van der Waals surface area contributed by atoms with E-state index in [0.717, 1.165) is 37.9 Å². The molecular weight excluding hydrogens is 323 g/mol. The summed E-state index contributed by atoms with van der Waals surface area (Å²) >= 11 is 0. The third-order valence-electron chi connectivity index (χ3n) is 4.87. The van der Waals surface area contributed by atoms with Crippen molar-refractivity contribution in [1.29, 1.82) is 0 Å². The van der Waals surface area contributed by atoms with Gasteiger partial charge in [-0.15, -0.1) is 12.4 Å². The third-order valence-corrected chi connectivity index (χ3v) is 4.87. The topological polar surface area (TPSA) is 8.17 Å². The van der Waals surface area contributed by atoms with Crippen molar-refractivity contribution in [2.75, 3.05) is 13.6 Å². The number of hydrogen-bond donors (Lipinski definition) is 0. The Kier molecular flexibility index (Phi) is 4.93. The summed E-state index contributed by atoms with van der Waals surface area (Å²) in [5.74, 6) is -0.145. The van der Waals surface area contributed by atoms with Crippen molar-refractivity contribution < 1.29 is 4.39 Å². The molecule has 0 unspecified atom stereocenters. The minimum atomic E-state index is -0.145. The molecule has 1 aliphatic heterocycles. The van der Waals surface area contributed by atoms with E-state index in [1.54, 1.807) is 12.1 Å². The Morgan fingerprint density at radius 2 is 1.88 bits per heavy atom. The third kappa shape index (κ3) is 3.06. The molecule has 1 aliphatic rings. The molecule has 1 aromatic heterocycles. The first kappa shape index (κ1) is 17.0. The summed E-state index contributed by atoms with van der Waals surface area (Å²) in [5, 5.41) is 1.08. The van der Waals surface area contributed by atoms with Crippen molar-refractivity contribution in [3.8, 4) is 0 Å². The van der Waals surface area contributed by atoms with Crippen LogP contribution in [0, 0.1) is 5.82 Å². The van der Waals surface area contributed by atoms with Gasteiger partial charge in [0.1, 0.15) is 5.82 Å². The van der Waals surface area contributed by atoms with Gasteiger partial charge in [0.2, 0.25) is 0 Å². The number of fused-ring (bicyclic) bond motifs is 3. The Bertz CT molecular complexity index is 842. The second-order valence-corrected chi connectivity index (χ2v) is 6.46. The lowest BCUT2D eigenvalue weighted by molar-refractivity contribution is 0.309. The fourth-order valence-electron chi connectivity index (χ4n) is 3.70. The van der Waals surface area contributed by atoms with E-state index in [0.29, 0.717) is 0 Å². The summed E-state index contributed by atoms with van der Waals surface area (Å²) in [6, 6.07) is 15.8. The Labute approximate surface area is 148 Å². The molecule has 126 valence electrons. The molecule has 4 heteroatoms. The molecule has 0 saturated heterocycles. The normalized spacial score (nSPS) is 14.4. The quantitative estimate of drug-likeness (QED) is 0.682. The predicted molar refractivity (Wildman–Crippen MR) is 99.3 cm³/mol. The van der Waals surface area contributed by atoms with Crippen LogP contribution in [0.25, 0.3) is 10.9 Å². The van der Waals surface area contributed by atoms with E-state index in [9.17, 15) is 4.39 Å². The first-order chi connectivity index (χ1) is 11.2. The fourth-order valence-corrected chi connectivity index (χ4v) is 3.70. The molecule has 0 radical (unpaired) electrons. The monoisotopic (exact) mass is 344 g/mol. The molecule has 0 fully saturated rings. The van der Waals surface area contributed by atoms with Crippen LogP contribution in [0.4, 0.5) is 4.39 Å². The number of benzene rings is 2. The van der Waals surface area contributed by atoms with Gasteiger partial charge in [-0.1, -0.05) is 30.3 Å². The summed E-state index contributed by atoms with van der Waals surface area (Å²) in [7, 11) is 2.13. The highest BCUT2D eigenvalue weighted by Gasteiger charge is 2.22. The Balaban J connectivity index is 0.00000169. The number of hydrogen-bond acceptors (Lipinski definition) is 1. The lowest BCUT2D eigenvalue weighted by atomic mass is 10.0. The van der Waals surface area contributed by atoms with Crippen LogP contribution >= 0.6 is 12.4 Å². The van der Waals surface area contributed by atoms with Gasteiger partial charge in [-0.3, -0.25) is 0 Å². The minimum absolute atomic E-state index is 0. The van der Waals surface area contributed by atoms with Crippen molar-refractivity contribution >= 4 is 23.3 Å². The second-order valence-electron chi connectivity index (χ2n) is 6.46. The van der Waals surface area contributed by atoms with E-state index in [4.69, 9.17) is 0 Å². The largest absolute Gasteiger partial charge is 0.344 e. The number of likely N-dealkylation sites (N-methyl/N-ethyl adjacent to an activating group) is 1. The molecule has 0 saturated carbocycles. The molecule has 2 aromatic carbocycles. The predicted octanol–water partition coefficient (Wildman–Crippen LogP) is 4.43. The van der Waals surface area contributed by atoms with Gasteiger partial charge in [0, 0.05) is 42.7 Å². The molecule has 0 amide bonds. The Hall–Kier alpha value is -1.84. The van der Waals surface area contributed by atoms with Crippen molar-refractivity contribution in [2.45, 2.75) is 25.9 Å².